The Kier molecular flexibility index (Phi) is 16.4. The summed E-state index contributed by atoms with van der Waals surface area (Å²) in [5, 5.41) is 0. The summed E-state index contributed by atoms with van der Waals surface area (Å²) >= 11 is 0. The number of rotatable bonds is 9. The van der Waals surface area contributed by atoms with Gasteiger partial charge in [0.2, 0.25) is 0 Å². The maximum atomic E-state index is 11.9. The molecule has 3 rings (SSSR count). The molecule has 0 amide bonds. The van der Waals surface area contributed by atoms with E-state index < -0.39 is 0 Å². The predicted octanol–water partition coefficient (Wildman–Crippen LogP) is 8.27. The molecule has 0 bridgehead atoms. The zero-order valence-electron chi connectivity index (χ0n) is 22.6. The first-order valence-electron chi connectivity index (χ1n) is 12.7. The third-order valence-electron chi connectivity index (χ3n) is 6.26. The topological polar surface area (TPSA) is 26.3 Å². The second-order valence-electron chi connectivity index (χ2n) is 9.95. The van der Waals surface area contributed by atoms with Gasteiger partial charge in [-0.05, 0) is 133 Å². The van der Waals surface area contributed by atoms with Crippen LogP contribution in [0.5, 0.6) is 0 Å². The van der Waals surface area contributed by atoms with E-state index in [0.717, 1.165) is 18.4 Å². The second-order valence-corrected chi connectivity index (χ2v) is 9.95. The van der Waals surface area contributed by atoms with E-state index in [0.29, 0.717) is 6.61 Å². The number of ether oxygens (including phenoxy) is 1. The minimum Gasteiger partial charge on any atom is -0.463 e. The van der Waals surface area contributed by atoms with Gasteiger partial charge in [0.05, 0.1) is 6.61 Å². The fourth-order valence-electron chi connectivity index (χ4n) is 4.26. The predicted molar refractivity (Wildman–Crippen MR) is 148 cm³/mol. The number of allylic oxidation sites excluding steroid dienone is 9. The van der Waals surface area contributed by atoms with Crippen LogP contribution in [0, 0.1) is 69.1 Å². The van der Waals surface area contributed by atoms with Gasteiger partial charge in [0.25, 0.3) is 0 Å². The summed E-state index contributed by atoms with van der Waals surface area (Å²) in [6.45, 7) is 11.4. The molecule has 3 aliphatic carbocycles. The summed E-state index contributed by atoms with van der Waals surface area (Å²) in [6, 6.07) is 0. The van der Waals surface area contributed by atoms with Gasteiger partial charge in [-0.1, -0.05) is 55.4 Å². The van der Waals surface area contributed by atoms with Crippen molar-refractivity contribution in [2.24, 2.45) is 5.41 Å². The van der Waals surface area contributed by atoms with Crippen LogP contribution in [0.2, 0.25) is 0 Å². The molecule has 0 aliphatic heterocycles. The van der Waals surface area contributed by atoms with Crippen LogP contribution in [0.3, 0.4) is 0 Å². The summed E-state index contributed by atoms with van der Waals surface area (Å²) in [4.78, 5) is 11.9. The van der Waals surface area contributed by atoms with Crippen molar-refractivity contribution in [2.75, 3.05) is 6.61 Å². The molecule has 0 unspecified atom stereocenters. The van der Waals surface area contributed by atoms with Crippen molar-refractivity contribution in [2.45, 2.75) is 66.7 Å². The van der Waals surface area contributed by atoms with Gasteiger partial charge in [-0.3, -0.25) is 0 Å². The summed E-state index contributed by atoms with van der Waals surface area (Å²) in [6.07, 6.45) is 35.8. The molecule has 3 aliphatic rings. The minimum absolute atomic E-state index is 0. The molecule has 36 heavy (non-hydrogen) atoms. The van der Waals surface area contributed by atoms with Crippen LogP contribution in [-0.4, -0.2) is 12.6 Å². The molecule has 2 fully saturated rings. The third kappa shape index (κ3) is 13.3. The first-order valence-corrected chi connectivity index (χ1v) is 12.7. The van der Waals surface area contributed by atoms with Gasteiger partial charge in [0, 0.05) is 6.08 Å². The number of carbonyl (C=O) groups is 1. The molecule has 0 aromatic heterocycles. The van der Waals surface area contributed by atoms with Crippen LogP contribution in [0.1, 0.15) is 66.7 Å². The maximum absolute atomic E-state index is 11.9. The Bertz CT molecular complexity index is 792. The Balaban J connectivity index is 0.000000959. The molecule has 192 valence electrons. The Hall–Kier alpha value is -1.31. The van der Waals surface area contributed by atoms with E-state index in [4.69, 9.17) is 4.74 Å². The molecule has 0 heterocycles. The average molecular weight is 527 g/mol. The van der Waals surface area contributed by atoms with E-state index in [9.17, 15) is 4.79 Å². The van der Waals surface area contributed by atoms with Crippen molar-refractivity contribution in [3.05, 3.63) is 122 Å². The average Bonchev–Trinajstić information content (AvgIpc) is 3.53. The molecule has 0 saturated heterocycles. The van der Waals surface area contributed by atoms with Crippen molar-refractivity contribution in [1.29, 1.82) is 0 Å². The van der Waals surface area contributed by atoms with E-state index in [1.807, 2.05) is 64.0 Å². The Morgan fingerprint density at radius 2 is 1.61 bits per heavy atom. The summed E-state index contributed by atoms with van der Waals surface area (Å²) in [7, 11) is 0. The molecule has 3 heteroatoms. The van der Waals surface area contributed by atoms with E-state index in [-0.39, 0.29) is 28.5 Å². The quantitative estimate of drug-likeness (QED) is 0.0994. The first kappa shape index (κ1) is 32.7. The molecule has 0 aromatic carbocycles. The first-order chi connectivity index (χ1) is 16.8. The van der Waals surface area contributed by atoms with Gasteiger partial charge in [-0.2, -0.15) is 0 Å². The summed E-state index contributed by atoms with van der Waals surface area (Å²) in [5.41, 5.74) is 5.32. The molecule has 0 aromatic rings. The standard InChI is InChI=1S/C28H37O2.C5H5.Fe/c1-22(17-18-26-24(3)13-9-19-28(26,4)5)11-8-12-23(2)21-27(29)30-20-10-16-25-14-6-7-15-25;1-2-4-5-3-1;/h6-8,11-12,14-15,17-18,21H,9-10,13,16,19-20H2,1-5H3;1-5H;/q;;+2/b12-8+,18-17+,22-11+,23-21+;;. The molecule has 0 spiro atoms. The van der Waals surface area contributed by atoms with Gasteiger partial charge in [-0.15, -0.1) is 0 Å². The summed E-state index contributed by atoms with van der Waals surface area (Å²) < 4.78 is 5.29. The van der Waals surface area contributed by atoms with Crippen molar-refractivity contribution >= 4 is 5.97 Å². The van der Waals surface area contributed by atoms with Crippen LogP contribution >= 0.6 is 0 Å². The fourth-order valence-corrected chi connectivity index (χ4v) is 4.26. The molecule has 2 saturated carbocycles. The van der Waals surface area contributed by atoms with E-state index in [1.165, 1.54) is 41.9 Å². The number of esters is 1. The molecule has 0 atom stereocenters. The van der Waals surface area contributed by atoms with Crippen LogP contribution in [0.4, 0.5) is 0 Å². The zero-order valence-corrected chi connectivity index (χ0v) is 23.7. The van der Waals surface area contributed by atoms with Crippen LogP contribution in [0.15, 0.2) is 58.7 Å². The van der Waals surface area contributed by atoms with Crippen molar-refractivity contribution in [1.82, 2.24) is 0 Å². The van der Waals surface area contributed by atoms with Crippen LogP contribution in [-0.2, 0) is 26.6 Å². The van der Waals surface area contributed by atoms with Crippen molar-refractivity contribution in [3.8, 4) is 0 Å². The monoisotopic (exact) mass is 526 g/mol. The van der Waals surface area contributed by atoms with Gasteiger partial charge in [-0.25, -0.2) is 4.79 Å². The number of carbonyl (C=O) groups excluding carboxylic acids is 1. The Morgan fingerprint density at radius 1 is 0.972 bits per heavy atom. The van der Waals surface area contributed by atoms with Crippen LogP contribution in [0.25, 0.3) is 0 Å². The normalized spacial score (nSPS) is 21.0. The smallest absolute Gasteiger partial charge is 0.463 e. The van der Waals surface area contributed by atoms with Gasteiger partial charge < -0.3 is 4.74 Å². The van der Waals surface area contributed by atoms with Crippen LogP contribution < -0.4 is 0 Å². The van der Waals surface area contributed by atoms with E-state index in [2.05, 4.69) is 58.8 Å². The van der Waals surface area contributed by atoms with E-state index >= 15 is 0 Å². The Labute approximate surface area is 233 Å². The number of hydrogen-bond donors (Lipinski definition) is 0. The zero-order chi connectivity index (χ0) is 25.5. The van der Waals surface area contributed by atoms with Gasteiger partial charge in [0.15, 0.2) is 0 Å². The van der Waals surface area contributed by atoms with Crippen molar-refractivity contribution in [3.63, 3.8) is 0 Å². The molecule has 0 N–H and O–H groups in total. The van der Waals surface area contributed by atoms with Gasteiger partial charge in [0.1, 0.15) is 0 Å². The molecule has 10 radical (unpaired) electrons. The maximum Gasteiger partial charge on any atom is 2.00 e. The SMILES string of the molecule is CC1=C(/C=C/C(C)=C/C=C/C(C)=C/C(=O)OCCC[C]2[CH][CH][CH][CH]2)C(C)(C)CCC1.[CH]1[CH][CH][CH][CH]1.[Fe+2]. The second kappa shape index (κ2) is 18.0. The van der Waals surface area contributed by atoms with E-state index in [1.54, 1.807) is 6.08 Å². The molecular formula is C33H42FeO2+2. The van der Waals surface area contributed by atoms with Crippen molar-refractivity contribution < 1.29 is 26.6 Å². The summed E-state index contributed by atoms with van der Waals surface area (Å²) in [5.74, 6) is 1.01. The Morgan fingerprint density at radius 3 is 2.22 bits per heavy atom. The fraction of sp³-hybridized carbons (Fsp3) is 0.364. The largest absolute Gasteiger partial charge is 2.00 e. The molecule has 2 nitrogen and oxygen atoms in total. The molecular weight excluding hydrogens is 484 g/mol. The third-order valence-corrected chi connectivity index (χ3v) is 6.26. The minimum atomic E-state index is -0.276. The van der Waals surface area contributed by atoms with Gasteiger partial charge >= 0.3 is 23.0 Å². The number of hydrogen-bond acceptors (Lipinski definition) is 2.